The second-order valence-corrected chi connectivity index (χ2v) is 6.74. The number of nitrogens with one attached hydrogen (secondary N) is 1. The number of hydrogen-bond donors (Lipinski definition) is 1. The number of hydrogen-bond acceptors (Lipinski definition) is 5. The van der Waals surface area contributed by atoms with Crippen molar-refractivity contribution in [2.75, 3.05) is 11.9 Å². The molecule has 1 N–H and O–H groups in total. The molecule has 0 aliphatic rings. The Labute approximate surface area is 123 Å². The van der Waals surface area contributed by atoms with E-state index in [0.29, 0.717) is 5.92 Å². The molecule has 0 saturated heterocycles. The monoisotopic (exact) mass is 295 g/mol. The quantitative estimate of drug-likeness (QED) is 0.833. The Balaban J connectivity index is 2.29. The van der Waals surface area contributed by atoms with Crippen molar-refractivity contribution in [3.63, 3.8) is 0 Å². The van der Waals surface area contributed by atoms with Gasteiger partial charge in [0.15, 0.2) is 5.13 Å². The maximum Gasteiger partial charge on any atom is 0.183 e. The highest BCUT2D eigenvalue weighted by atomic mass is 32.1. The maximum atomic E-state index is 4.74. The van der Waals surface area contributed by atoms with Crippen molar-refractivity contribution in [2.45, 2.75) is 46.5 Å². The van der Waals surface area contributed by atoms with Gasteiger partial charge >= 0.3 is 0 Å². The molecule has 104 valence electrons. The highest BCUT2D eigenvalue weighted by Gasteiger charge is 2.17. The number of nitrogens with zero attached hydrogens (tertiary/aromatic N) is 2. The number of aryl methyl sites for hydroxylation is 1. The predicted octanol–water partition coefficient (Wildman–Crippen LogP) is 4.77. The topological polar surface area (TPSA) is 37.8 Å². The number of aromatic nitrogens is 2. The molecule has 0 saturated carbocycles. The van der Waals surface area contributed by atoms with E-state index in [9.17, 15) is 0 Å². The highest BCUT2D eigenvalue weighted by Crippen LogP contribution is 2.36. The molecule has 0 radical (unpaired) electrons. The Bertz CT molecular complexity index is 529. The summed E-state index contributed by atoms with van der Waals surface area (Å²) in [7, 11) is 0. The zero-order valence-electron chi connectivity index (χ0n) is 12.0. The van der Waals surface area contributed by atoms with Crippen molar-refractivity contribution in [2.24, 2.45) is 0 Å². The molecule has 0 fully saturated rings. The van der Waals surface area contributed by atoms with Crippen LogP contribution in [0.1, 0.15) is 50.7 Å². The molecule has 2 aromatic heterocycles. The van der Waals surface area contributed by atoms with Crippen LogP contribution in [0.2, 0.25) is 0 Å². The van der Waals surface area contributed by atoms with Gasteiger partial charge in [-0.15, -0.1) is 22.7 Å². The van der Waals surface area contributed by atoms with Crippen molar-refractivity contribution < 1.29 is 0 Å². The molecule has 0 bridgehead atoms. The van der Waals surface area contributed by atoms with Crippen LogP contribution in [0.15, 0.2) is 5.38 Å². The van der Waals surface area contributed by atoms with Crippen LogP contribution >= 0.6 is 22.7 Å². The molecule has 0 amide bonds. The van der Waals surface area contributed by atoms with Crippen LogP contribution in [0.25, 0.3) is 10.6 Å². The third-order valence-corrected chi connectivity index (χ3v) is 4.85. The molecule has 0 aliphatic carbocycles. The van der Waals surface area contributed by atoms with E-state index in [4.69, 9.17) is 4.98 Å². The molecule has 2 heterocycles. The molecule has 0 aromatic carbocycles. The van der Waals surface area contributed by atoms with Crippen molar-refractivity contribution in [1.29, 1.82) is 0 Å². The maximum absolute atomic E-state index is 4.74. The van der Waals surface area contributed by atoms with Crippen LogP contribution < -0.4 is 5.32 Å². The smallest absolute Gasteiger partial charge is 0.183 e. The zero-order valence-corrected chi connectivity index (χ0v) is 13.6. The first-order chi connectivity index (χ1) is 9.15. The van der Waals surface area contributed by atoms with E-state index >= 15 is 0 Å². The van der Waals surface area contributed by atoms with Gasteiger partial charge in [0.05, 0.1) is 21.3 Å². The first-order valence-corrected chi connectivity index (χ1v) is 8.54. The molecule has 2 rings (SSSR count). The van der Waals surface area contributed by atoms with Crippen molar-refractivity contribution in [3.8, 4) is 10.6 Å². The Kier molecular flexibility index (Phi) is 4.93. The molecule has 3 nitrogen and oxygen atoms in total. The third kappa shape index (κ3) is 3.34. The first-order valence-electron chi connectivity index (χ1n) is 6.85. The number of anilines is 1. The van der Waals surface area contributed by atoms with Gasteiger partial charge < -0.3 is 5.32 Å². The van der Waals surface area contributed by atoms with E-state index < -0.39 is 0 Å². The normalized spacial score (nSPS) is 11.2. The summed E-state index contributed by atoms with van der Waals surface area (Å²) in [5.41, 5.74) is 2.26. The van der Waals surface area contributed by atoms with Gasteiger partial charge in [0.1, 0.15) is 0 Å². The molecule has 2 aromatic rings. The largest absolute Gasteiger partial charge is 0.362 e. The van der Waals surface area contributed by atoms with E-state index in [1.165, 1.54) is 15.6 Å². The minimum absolute atomic E-state index is 0.445. The Morgan fingerprint density at radius 2 is 2.05 bits per heavy atom. The van der Waals surface area contributed by atoms with Crippen LogP contribution in [-0.4, -0.2) is 16.5 Å². The molecule has 19 heavy (non-hydrogen) atoms. The molecular weight excluding hydrogens is 274 g/mol. The summed E-state index contributed by atoms with van der Waals surface area (Å²) >= 11 is 3.46. The van der Waals surface area contributed by atoms with Gasteiger partial charge in [0, 0.05) is 11.9 Å². The summed E-state index contributed by atoms with van der Waals surface area (Å²) in [4.78, 5) is 10.7. The van der Waals surface area contributed by atoms with Crippen molar-refractivity contribution in [3.05, 3.63) is 16.1 Å². The van der Waals surface area contributed by atoms with Gasteiger partial charge in [-0.05, 0) is 18.8 Å². The summed E-state index contributed by atoms with van der Waals surface area (Å²) in [5.74, 6) is 0.445. The second-order valence-electron chi connectivity index (χ2n) is 4.79. The van der Waals surface area contributed by atoms with Gasteiger partial charge in [-0.25, -0.2) is 9.97 Å². The number of thiazole rings is 2. The summed E-state index contributed by atoms with van der Waals surface area (Å²) in [6.07, 6.45) is 2.11. The van der Waals surface area contributed by atoms with Gasteiger partial charge in [0.25, 0.3) is 0 Å². The molecule has 0 unspecified atom stereocenters. The summed E-state index contributed by atoms with van der Waals surface area (Å²) in [6.45, 7) is 9.69. The van der Waals surface area contributed by atoms with Crippen LogP contribution in [0, 0.1) is 0 Å². The Morgan fingerprint density at radius 3 is 2.68 bits per heavy atom. The Hall–Kier alpha value is -0.940. The van der Waals surface area contributed by atoms with Crippen LogP contribution in [0.5, 0.6) is 0 Å². The van der Waals surface area contributed by atoms with E-state index in [2.05, 4.69) is 43.4 Å². The van der Waals surface area contributed by atoms with Gasteiger partial charge in [-0.2, -0.15) is 0 Å². The molecule has 5 heteroatoms. The van der Waals surface area contributed by atoms with Crippen molar-refractivity contribution in [1.82, 2.24) is 9.97 Å². The molecule has 0 aliphatic heterocycles. The highest BCUT2D eigenvalue weighted by molar-refractivity contribution is 7.16. The SMILES string of the molecule is CCCNc1nc(-c2sc(CC)nc2C(C)C)cs1. The van der Waals surface area contributed by atoms with Crippen LogP contribution in [-0.2, 0) is 6.42 Å². The predicted molar refractivity (Wildman–Crippen MR) is 85.5 cm³/mol. The average Bonchev–Trinajstić information content (AvgIpc) is 3.02. The van der Waals surface area contributed by atoms with Crippen molar-refractivity contribution >= 4 is 27.8 Å². The molecule has 0 atom stereocenters. The standard InChI is InChI=1S/C14H21N3S2/c1-5-7-15-14-16-10(8-18-14)13-12(9(3)4)17-11(6-2)19-13/h8-9H,5-7H2,1-4H3,(H,15,16). The zero-order chi connectivity index (χ0) is 13.8. The van der Waals surface area contributed by atoms with E-state index in [1.807, 2.05) is 0 Å². The van der Waals surface area contributed by atoms with E-state index in [1.54, 1.807) is 22.7 Å². The average molecular weight is 295 g/mol. The lowest BCUT2D eigenvalue weighted by molar-refractivity contribution is 0.825. The summed E-state index contributed by atoms with van der Waals surface area (Å²) < 4.78 is 0. The fourth-order valence-electron chi connectivity index (χ4n) is 1.80. The lowest BCUT2D eigenvalue weighted by Gasteiger charge is -2.02. The summed E-state index contributed by atoms with van der Waals surface area (Å²) in [6, 6.07) is 0. The lowest BCUT2D eigenvalue weighted by atomic mass is 10.1. The van der Waals surface area contributed by atoms with Gasteiger partial charge in [0.2, 0.25) is 0 Å². The number of rotatable bonds is 6. The second kappa shape index (κ2) is 6.48. The van der Waals surface area contributed by atoms with E-state index in [-0.39, 0.29) is 0 Å². The third-order valence-electron chi connectivity index (χ3n) is 2.81. The van der Waals surface area contributed by atoms with Crippen LogP contribution in [0.4, 0.5) is 5.13 Å². The van der Waals surface area contributed by atoms with Gasteiger partial charge in [-0.1, -0.05) is 27.7 Å². The summed E-state index contributed by atoms with van der Waals surface area (Å²) in [5, 5.41) is 7.70. The van der Waals surface area contributed by atoms with E-state index in [0.717, 1.165) is 30.2 Å². The minimum atomic E-state index is 0.445. The molecular formula is C14H21N3S2. The first kappa shape index (κ1) is 14.5. The fraction of sp³-hybridized carbons (Fsp3) is 0.571. The van der Waals surface area contributed by atoms with Crippen LogP contribution in [0.3, 0.4) is 0 Å². The fourth-order valence-corrected chi connectivity index (χ4v) is 3.72. The Morgan fingerprint density at radius 1 is 1.26 bits per heavy atom. The molecule has 0 spiro atoms. The lowest BCUT2D eigenvalue weighted by Crippen LogP contribution is -1.98. The van der Waals surface area contributed by atoms with Gasteiger partial charge in [-0.3, -0.25) is 0 Å². The minimum Gasteiger partial charge on any atom is -0.362 e.